The summed E-state index contributed by atoms with van der Waals surface area (Å²) >= 11 is 1.16. The average Bonchev–Trinajstić information content (AvgIpc) is 3.20. The van der Waals surface area contributed by atoms with Crippen LogP contribution in [0.5, 0.6) is 17.2 Å². The minimum atomic E-state index is -0.196. The summed E-state index contributed by atoms with van der Waals surface area (Å²) < 4.78 is 17.0. The predicted molar refractivity (Wildman–Crippen MR) is 133 cm³/mol. The standard InChI is InChI=1S/C22H27N7O4S/c1-13-10-16(31-3)7-8-17(13)24-20(30)12-34-22-28-27-21(29(22)23)26-25-14(2)15-6-9-18(32-4)19(11-15)33-5/h6-11H,12,23H2,1-5H3,(H,24,30)(H,26,27)/b25-14+. The second kappa shape index (κ2) is 11.3. The van der Waals surface area contributed by atoms with Crippen LogP contribution in [-0.4, -0.2) is 53.6 Å². The number of carbonyl (C=O) groups is 1. The number of benzene rings is 2. The van der Waals surface area contributed by atoms with Crippen molar-refractivity contribution in [2.24, 2.45) is 5.10 Å². The molecule has 2 aromatic carbocycles. The Morgan fingerprint density at radius 2 is 1.85 bits per heavy atom. The summed E-state index contributed by atoms with van der Waals surface area (Å²) in [5.41, 5.74) is 5.91. The molecule has 180 valence electrons. The molecule has 1 heterocycles. The second-order valence-corrected chi connectivity index (χ2v) is 8.02. The smallest absolute Gasteiger partial charge is 0.264 e. The van der Waals surface area contributed by atoms with Gasteiger partial charge in [-0.05, 0) is 55.8 Å². The zero-order chi connectivity index (χ0) is 24.7. The summed E-state index contributed by atoms with van der Waals surface area (Å²) in [6, 6.07) is 10.9. The Morgan fingerprint density at radius 1 is 1.09 bits per heavy atom. The second-order valence-electron chi connectivity index (χ2n) is 7.07. The average molecular weight is 486 g/mol. The summed E-state index contributed by atoms with van der Waals surface area (Å²) in [5, 5.41) is 15.6. The van der Waals surface area contributed by atoms with Gasteiger partial charge in [0, 0.05) is 11.3 Å². The number of aryl methyl sites for hydroxylation is 1. The van der Waals surface area contributed by atoms with Crippen molar-refractivity contribution in [3.05, 3.63) is 47.5 Å². The van der Waals surface area contributed by atoms with Crippen LogP contribution in [0, 0.1) is 6.92 Å². The molecule has 0 radical (unpaired) electrons. The van der Waals surface area contributed by atoms with Gasteiger partial charge in [0.25, 0.3) is 5.95 Å². The summed E-state index contributed by atoms with van der Waals surface area (Å²) in [6.07, 6.45) is 0. The third-order valence-corrected chi connectivity index (χ3v) is 5.77. The van der Waals surface area contributed by atoms with Gasteiger partial charge >= 0.3 is 0 Å². The van der Waals surface area contributed by atoms with Gasteiger partial charge in [0.1, 0.15) is 5.75 Å². The van der Waals surface area contributed by atoms with Crippen molar-refractivity contribution in [2.75, 3.05) is 43.7 Å². The van der Waals surface area contributed by atoms with Crippen LogP contribution in [-0.2, 0) is 4.79 Å². The molecule has 34 heavy (non-hydrogen) atoms. The molecule has 1 amide bonds. The van der Waals surface area contributed by atoms with Crippen molar-refractivity contribution >= 4 is 35.0 Å². The molecule has 0 unspecified atom stereocenters. The molecule has 4 N–H and O–H groups in total. The summed E-state index contributed by atoms with van der Waals surface area (Å²) in [5.74, 6) is 8.15. The lowest BCUT2D eigenvalue weighted by molar-refractivity contribution is -0.113. The highest BCUT2D eigenvalue weighted by atomic mass is 32.2. The van der Waals surface area contributed by atoms with Crippen LogP contribution in [0.25, 0.3) is 0 Å². The Kier molecular flexibility index (Phi) is 8.19. The van der Waals surface area contributed by atoms with Crippen LogP contribution >= 0.6 is 11.8 Å². The van der Waals surface area contributed by atoms with E-state index in [0.717, 1.165) is 28.6 Å². The fourth-order valence-corrected chi connectivity index (χ4v) is 3.59. The zero-order valence-electron chi connectivity index (χ0n) is 19.6. The normalized spacial score (nSPS) is 11.1. The molecule has 3 aromatic rings. The van der Waals surface area contributed by atoms with E-state index in [-0.39, 0.29) is 17.6 Å². The van der Waals surface area contributed by atoms with Gasteiger partial charge in [0.05, 0.1) is 32.8 Å². The molecular weight excluding hydrogens is 458 g/mol. The number of amides is 1. The molecule has 0 saturated carbocycles. The number of nitrogen functional groups attached to an aromatic ring is 1. The van der Waals surface area contributed by atoms with Crippen LogP contribution in [0.3, 0.4) is 0 Å². The van der Waals surface area contributed by atoms with Gasteiger partial charge in [0.15, 0.2) is 11.5 Å². The van der Waals surface area contributed by atoms with Crippen LogP contribution in [0.15, 0.2) is 46.7 Å². The minimum Gasteiger partial charge on any atom is -0.497 e. The highest BCUT2D eigenvalue weighted by Gasteiger charge is 2.13. The topological polar surface area (TPSA) is 138 Å². The number of nitrogens with two attached hydrogens (primary N) is 1. The van der Waals surface area contributed by atoms with Crippen molar-refractivity contribution in [1.82, 2.24) is 14.9 Å². The van der Waals surface area contributed by atoms with E-state index >= 15 is 0 Å². The Labute approximate surface area is 201 Å². The molecule has 12 heteroatoms. The SMILES string of the molecule is COc1ccc(NC(=O)CSc2nnc(N/N=C(\C)c3ccc(OC)c(OC)c3)n2N)c(C)c1. The van der Waals surface area contributed by atoms with Gasteiger partial charge in [-0.3, -0.25) is 4.79 Å². The number of rotatable bonds is 10. The number of hydrogen-bond donors (Lipinski definition) is 3. The number of hydrogen-bond acceptors (Lipinski definition) is 10. The highest BCUT2D eigenvalue weighted by Crippen LogP contribution is 2.28. The van der Waals surface area contributed by atoms with Gasteiger partial charge in [-0.2, -0.15) is 5.10 Å². The number of nitrogens with zero attached hydrogens (tertiary/aromatic N) is 4. The van der Waals surface area contributed by atoms with Crippen molar-refractivity contribution in [3.63, 3.8) is 0 Å². The Bertz CT molecular complexity index is 1200. The molecule has 0 aliphatic rings. The summed E-state index contributed by atoms with van der Waals surface area (Å²) in [4.78, 5) is 12.4. The summed E-state index contributed by atoms with van der Waals surface area (Å²) in [6.45, 7) is 3.72. The maximum absolute atomic E-state index is 12.4. The molecule has 0 atom stereocenters. The molecule has 1 aromatic heterocycles. The van der Waals surface area contributed by atoms with Crippen LogP contribution < -0.4 is 30.8 Å². The molecule has 0 aliphatic heterocycles. The van der Waals surface area contributed by atoms with E-state index in [4.69, 9.17) is 20.1 Å². The first-order valence-electron chi connectivity index (χ1n) is 10.2. The number of nitrogens with one attached hydrogen (secondary N) is 2. The van der Waals surface area contributed by atoms with E-state index in [1.165, 1.54) is 4.68 Å². The van der Waals surface area contributed by atoms with Crippen LogP contribution in [0.4, 0.5) is 11.6 Å². The Morgan fingerprint density at radius 3 is 2.53 bits per heavy atom. The monoisotopic (exact) mass is 485 g/mol. The highest BCUT2D eigenvalue weighted by molar-refractivity contribution is 7.99. The lowest BCUT2D eigenvalue weighted by atomic mass is 10.1. The van der Waals surface area contributed by atoms with E-state index < -0.39 is 0 Å². The van der Waals surface area contributed by atoms with Crippen molar-refractivity contribution < 1.29 is 19.0 Å². The third-order valence-electron chi connectivity index (χ3n) is 4.83. The molecule has 0 fully saturated rings. The first-order valence-corrected chi connectivity index (χ1v) is 11.1. The first-order chi connectivity index (χ1) is 16.4. The molecule has 3 rings (SSSR count). The lowest BCUT2D eigenvalue weighted by Crippen LogP contribution is -2.17. The van der Waals surface area contributed by atoms with Gasteiger partial charge in [0.2, 0.25) is 11.1 Å². The maximum Gasteiger partial charge on any atom is 0.264 e. The number of thioether (sulfide) groups is 1. The maximum atomic E-state index is 12.4. The van der Waals surface area contributed by atoms with Crippen molar-refractivity contribution in [2.45, 2.75) is 19.0 Å². The Balaban J connectivity index is 1.60. The Hall–Kier alpha value is -3.93. The largest absolute Gasteiger partial charge is 0.497 e. The number of methoxy groups -OCH3 is 3. The summed E-state index contributed by atoms with van der Waals surface area (Å²) in [7, 11) is 4.74. The number of carbonyl (C=O) groups excluding carboxylic acids is 1. The molecule has 0 bridgehead atoms. The van der Waals surface area contributed by atoms with Crippen molar-refractivity contribution in [1.29, 1.82) is 0 Å². The van der Waals surface area contributed by atoms with E-state index in [1.54, 1.807) is 39.5 Å². The minimum absolute atomic E-state index is 0.106. The predicted octanol–water partition coefficient (Wildman–Crippen LogP) is 2.89. The quantitative estimate of drug-likeness (QED) is 0.171. The molecule has 11 nitrogen and oxygen atoms in total. The molecule has 0 aliphatic carbocycles. The van der Waals surface area contributed by atoms with Gasteiger partial charge in [-0.15, -0.1) is 10.2 Å². The molecule has 0 spiro atoms. The fourth-order valence-electron chi connectivity index (χ4n) is 2.93. The molecular formula is C22H27N7O4S. The lowest BCUT2D eigenvalue weighted by Gasteiger charge is -2.10. The van der Waals surface area contributed by atoms with Gasteiger partial charge < -0.3 is 25.4 Å². The van der Waals surface area contributed by atoms with E-state index in [1.807, 2.05) is 32.0 Å². The van der Waals surface area contributed by atoms with Crippen LogP contribution in [0.1, 0.15) is 18.1 Å². The van der Waals surface area contributed by atoms with Crippen molar-refractivity contribution in [3.8, 4) is 17.2 Å². The number of aromatic nitrogens is 3. The third kappa shape index (κ3) is 5.90. The molecule has 0 saturated heterocycles. The zero-order valence-corrected chi connectivity index (χ0v) is 20.4. The van der Waals surface area contributed by atoms with E-state index in [9.17, 15) is 4.79 Å². The van der Waals surface area contributed by atoms with E-state index in [0.29, 0.717) is 28.1 Å². The number of hydrazone groups is 1. The van der Waals surface area contributed by atoms with Gasteiger partial charge in [-0.25, -0.2) is 10.1 Å². The number of ether oxygens (including phenoxy) is 3. The fraction of sp³-hybridized carbons (Fsp3) is 0.273. The van der Waals surface area contributed by atoms with Crippen LogP contribution in [0.2, 0.25) is 0 Å². The van der Waals surface area contributed by atoms with E-state index in [2.05, 4.69) is 26.0 Å². The van der Waals surface area contributed by atoms with Gasteiger partial charge in [-0.1, -0.05) is 11.8 Å². The first kappa shape index (κ1) is 24.7. The number of anilines is 2.